The number of aromatic nitrogens is 3. The van der Waals surface area contributed by atoms with Gasteiger partial charge in [-0.3, -0.25) is 9.48 Å². The Morgan fingerprint density at radius 3 is 2.68 bits per heavy atom. The Labute approximate surface area is 165 Å². The molecule has 2 fully saturated rings. The van der Waals surface area contributed by atoms with Crippen LogP contribution < -0.4 is 5.32 Å². The summed E-state index contributed by atoms with van der Waals surface area (Å²) < 4.78 is 29.4. The summed E-state index contributed by atoms with van der Waals surface area (Å²) in [5, 5.41) is 10.9. The number of sulfonamides is 1. The number of aryl methyl sites for hydroxylation is 1. The van der Waals surface area contributed by atoms with E-state index >= 15 is 0 Å². The highest BCUT2D eigenvalue weighted by Gasteiger charge is 2.33. The van der Waals surface area contributed by atoms with Gasteiger partial charge in [-0.2, -0.15) is 4.31 Å². The topological polar surface area (TPSA) is 97.2 Å². The van der Waals surface area contributed by atoms with Gasteiger partial charge in [0.25, 0.3) is 5.91 Å². The first kappa shape index (κ1) is 19.1. The Morgan fingerprint density at radius 1 is 1.14 bits per heavy atom. The van der Waals surface area contributed by atoms with E-state index in [0.29, 0.717) is 30.1 Å². The summed E-state index contributed by atoms with van der Waals surface area (Å²) in [7, 11) is -3.51. The molecule has 0 radical (unpaired) electrons. The Bertz CT molecular complexity index is 924. The number of rotatable bonds is 7. The van der Waals surface area contributed by atoms with Gasteiger partial charge in [0.15, 0.2) is 5.69 Å². The highest BCUT2D eigenvalue weighted by molar-refractivity contribution is 7.89. The Morgan fingerprint density at radius 2 is 1.93 bits per heavy atom. The minimum Gasteiger partial charge on any atom is -0.348 e. The third-order valence-electron chi connectivity index (χ3n) is 5.30. The van der Waals surface area contributed by atoms with Crippen LogP contribution in [0.2, 0.25) is 0 Å². The molecule has 150 valence electrons. The lowest BCUT2D eigenvalue weighted by Crippen LogP contribution is -2.44. The van der Waals surface area contributed by atoms with Crippen LogP contribution in [-0.2, 0) is 16.6 Å². The molecule has 8 nitrogen and oxygen atoms in total. The molecule has 1 saturated carbocycles. The number of carbonyl (C=O) groups is 1. The first-order valence-electron chi connectivity index (χ1n) is 9.82. The molecule has 0 spiro atoms. The van der Waals surface area contributed by atoms with E-state index in [0.717, 1.165) is 32.1 Å². The molecule has 1 aromatic heterocycles. The van der Waals surface area contributed by atoms with Gasteiger partial charge < -0.3 is 5.32 Å². The molecule has 28 heavy (non-hydrogen) atoms. The summed E-state index contributed by atoms with van der Waals surface area (Å²) in [6.45, 7) is 1.06. The summed E-state index contributed by atoms with van der Waals surface area (Å²) in [5.41, 5.74) is 0.310. The molecule has 1 aromatic carbocycles. The van der Waals surface area contributed by atoms with Crippen LogP contribution in [0.3, 0.4) is 0 Å². The van der Waals surface area contributed by atoms with Crippen molar-refractivity contribution in [3.05, 3.63) is 42.2 Å². The summed E-state index contributed by atoms with van der Waals surface area (Å²) >= 11 is 0. The minimum atomic E-state index is -3.51. The number of carbonyl (C=O) groups excluding carboxylic acids is 1. The van der Waals surface area contributed by atoms with Crippen molar-refractivity contribution in [2.24, 2.45) is 0 Å². The van der Waals surface area contributed by atoms with Crippen LogP contribution in [0.4, 0.5) is 0 Å². The summed E-state index contributed by atoms with van der Waals surface area (Å²) in [5.74, 6) is -0.195. The number of hydrogen-bond donors (Lipinski definition) is 1. The van der Waals surface area contributed by atoms with Crippen molar-refractivity contribution in [2.45, 2.75) is 62.0 Å². The second kappa shape index (κ2) is 8.00. The third-order valence-corrected chi connectivity index (χ3v) is 7.26. The zero-order valence-corrected chi connectivity index (χ0v) is 16.5. The molecule has 0 bridgehead atoms. The zero-order chi connectivity index (χ0) is 19.6. The average molecular weight is 404 g/mol. The lowest BCUT2D eigenvalue weighted by atomic mass is 10.0. The number of nitrogens with zero attached hydrogens (tertiary/aromatic N) is 4. The molecule has 1 saturated heterocycles. The van der Waals surface area contributed by atoms with Crippen LogP contribution in [0.1, 0.15) is 49.0 Å². The van der Waals surface area contributed by atoms with Crippen molar-refractivity contribution in [3.8, 4) is 0 Å². The lowest BCUT2D eigenvalue weighted by molar-refractivity contribution is 0.0946. The third kappa shape index (κ3) is 4.25. The Balaban J connectivity index is 1.41. The minimum absolute atomic E-state index is 0.0769. The molecule has 2 aromatic rings. The van der Waals surface area contributed by atoms with Gasteiger partial charge in [0.05, 0.1) is 11.1 Å². The number of nitrogens with one attached hydrogen (secondary N) is 1. The summed E-state index contributed by atoms with van der Waals surface area (Å²) in [6.07, 6.45) is 7.03. The van der Waals surface area contributed by atoms with E-state index in [1.807, 2.05) is 6.07 Å². The number of benzene rings is 1. The van der Waals surface area contributed by atoms with Crippen LogP contribution in [-0.4, -0.2) is 52.3 Å². The molecule has 4 rings (SSSR count). The molecular weight excluding hydrogens is 378 g/mol. The Kier molecular flexibility index (Phi) is 5.45. The fourth-order valence-electron chi connectivity index (χ4n) is 3.59. The number of hydrogen-bond acceptors (Lipinski definition) is 5. The smallest absolute Gasteiger partial charge is 0.273 e. The molecular formula is C19H25N5O3S. The highest BCUT2D eigenvalue weighted by atomic mass is 32.2. The standard InChI is InChI=1S/C19H25N5O3S/c25-19(20-15-9-10-15)18-14-23(22-21-18)13-11-16-6-4-5-12-24(16)28(26,27)17-7-2-1-3-8-17/h1-3,7-8,14-16H,4-6,9-13H2,(H,20,25). The van der Waals surface area contributed by atoms with E-state index < -0.39 is 10.0 Å². The lowest BCUT2D eigenvalue weighted by Gasteiger charge is -2.34. The maximum Gasteiger partial charge on any atom is 0.273 e. The van der Waals surface area contributed by atoms with Gasteiger partial charge in [0.2, 0.25) is 10.0 Å². The maximum atomic E-state index is 13.0. The molecule has 2 aliphatic rings. The van der Waals surface area contributed by atoms with E-state index in [4.69, 9.17) is 0 Å². The van der Waals surface area contributed by atoms with Gasteiger partial charge in [-0.1, -0.05) is 29.8 Å². The van der Waals surface area contributed by atoms with E-state index in [9.17, 15) is 13.2 Å². The molecule has 1 atom stereocenters. The molecule has 1 amide bonds. The highest BCUT2D eigenvalue weighted by Crippen LogP contribution is 2.27. The zero-order valence-electron chi connectivity index (χ0n) is 15.7. The van der Waals surface area contributed by atoms with Crippen molar-refractivity contribution in [1.82, 2.24) is 24.6 Å². The van der Waals surface area contributed by atoms with Crippen molar-refractivity contribution < 1.29 is 13.2 Å². The van der Waals surface area contributed by atoms with Crippen molar-refractivity contribution in [3.63, 3.8) is 0 Å². The van der Waals surface area contributed by atoms with E-state index in [1.54, 1.807) is 39.4 Å². The van der Waals surface area contributed by atoms with Crippen LogP contribution in [0, 0.1) is 0 Å². The fourth-order valence-corrected chi connectivity index (χ4v) is 5.33. The van der Waals surface area contributed by atoms with Gasteiger partial charge in [-0.05, 0) is 44.2 Å². The van der Waals surface area contributed by atoms with Gasteiger partial charge in [-0.15, -0.1) is 5.10 Å². The molecule has 1 aliphatic heterocycles. The first-order valence-corrected chi connectivity index (χ1v) is 11.3. The molecule has 9 heteroatoms. The second-order valence-corrected chi connectivity index (χ2v) is 9.37. The summed E-state index contributed by atoms with van der Waals surface area (Å²) in [6, 6.07) is 8.79. The maximum absolute atomic E-state index is 13.0. The van der Waals surface area contributed by atoms with Crippen LogP contribution in [0.5, 0.6) is 0 Å². The monoisotopic (exact) mass is 403 g/mol. The first-order chi connectivity index (χ1) is 13.5. The van der Waals surface area contributed by atoms with Crippen molar-refractivity contribution in [1.29, 1.82) is 0 Å². The van der Waals surface area contributed by atoms with E-state index in [-0.39, 0.29) is 18.0 Å². The predicted molar refractivity (Wildman–Crippen MR) is 103 cm³/mol. The van der Waals surface area contributed by atoms with Gasteiger partial charge >= 0.3 is 0 Å². The normalized spacial score (nSPS) is 20.8. The van der Waals surface area contributed by atoms with Gasteiger partial charge in [0, 0.05) is 25.2 Å². The van der Waals surface area contributed by atoms with Crippen molar-refractivity contribution >= 4 is 15.9 Å². The van der Waals surface area contributed by atoms with Gasteiger partial charge in [-0.25, -0.2) is 8.42 Å². The van der Waals surface area contributed by atoms with Crippen LogP contribution >= 0.6 is 0 Å². The van der Waals surface area contributed by atoms with Crippen LogP contribution in [0.15, 0.2) is 41.4 Å². The fraction of sp³-hybridized carbons (Fsp3) is 0.526. The van der Waals surface area contributed by atoms with Crippen LogP contribution in [0.25, 0.3) is 0 Å². The SMILES string of the molecule is O=C(NC1CC1)c1cn(CCC2CCCCN2S(=O)(=O)c2ccccc2)nn1. The molecule has 1 unspecified atom stereocenters. The average Bonchev–Trinajstić information content (AvgIpc) is 3.40. The van der Waals surface area contributed by atoms with Crippen molar-refractivity contribution in [2.75, 3.05) is 6.54 Å². The molecule has 1 N–H and O–H groups in total. The number of amides is 1. The van der Waals surface area contributed by atoms with E-state index in [1.165, 1.54) is 0 Å². The second-order valence-electron chi connectivity index (χ2n) is 7.48. The predicted octanol–water partition coefficient (Wildman–Crippen LogP) is 1.80. The number of piperidine rings is 1. The summed E-state index contributed by atoms with van der Waals surface area (Å²) in [4.78, 5) is 12.4. The molecule has 2 heterocycles. The largest absolute Gasteiger partial charge is 0.348 e. The van der Waals surface area contributed by atoms with Gasteiger partial charge in [0.1, 0.15) is 0 Å². The quantitative estimate of drug-likeness (QED) is 0.760. The van der Waals surface area contributed by atoms with E-state index in [2.05, 4.69) is 15.6 Å². The molecule has 1 aliphatic carbocycles. The Hall–Kier alpha value is -2.26.